The molecule has 1 fully saturated rings. The molecule has 3 N–H and O–H groups in total. The lowest BCUT2D eigenvalue weighted by atomic mass is 10.2. The van der Waals surface area contributed by atoms with E-state index in [1.807, 2.05) is 31.3 Å². The summed E-state index contributed by atoms with van der Waals surface area (Å²) in [5, 5.41) is 5.78. The number of carbonyl (C=O) groups excluding carboxylic acids is 2. The molecular formula is C23H29N4O5+. The van der Waals surface area contributed by atoms with Gasteiger partial charge < -0.3 is 34.6 Å². The van der Waals surface area contributed by atoms with E-state index < -0.39 is 6.04 Å². The molecule has 0 aliphatic carbocycles. The minimum Gasteiger partial charge on any atom is -0.454 e. The number of amides is 2. The van der Waals surface area contributed by atoms with Crippen LogP contribution in [0.1, 0.15) is 6.92 Å². The molecule has 0 radical (unpaired) electrons. The maximum atomic E-state index is 12.6. The van der Waals surface area contributed by atoms with Crippen molar-refractivity contribution in [2.24, 2.45) is 0 Å². The molecule has 9 nitrogen and oxygen atoms in total. The molecule has 2 amide bonds. The van der Waals surface area contributed by atoms with Gasteiger partial charge in [-0.2, -0.15) is 0 Å². The van der Waals surface area contributed by atoms with Crippen LogP contribution in [0, 0.1) is 0 Å². The molecule has 0 saturated carbocycles. The van der Waals surface area contributed by atoms with Gasteiger partial charge in [0, 0.05) is 36.2 Å². The maximum Gasteiger partial charge on any atom is 0.282 e. The van der Waals surface area contributed by atoms with Crippen LogP contribution in [-0.2, 0) is 14.3 Å². The molecule has 2 atom stereocenters. The maximum absolute atomic E-state index is 12.6. The van der Waals surface area contributed by atoms with E-state index in [0.29, 0.717) is 17.2 Å². The monoisotopic (exact) mass is 441 g/mol. The Balaban J connectivity index is 1.26. The molecule has 4 rings (SSSR count). The fourth-order valence-corrected chi connectivity index (χ4v) is 3.64. The first-order valence-corrected chi connectivity index (χ1v) is 10.7. The summed E-state index contributed by atoms with van der Waals surface area (Å²) in [6, 6.07) is 12.6. The third kappa shape index (κ3) is 5.30. The topological polar surface area (TPSA) is 93.6 Å². The first kappa shape index (κ1) is 21.9. The van der Waals surface area contributed by atoms with E-state index in [2.05, 4.69) is 15.5 Å². The van der Waals surface area contributed by atoms with E-state index in [0.717, 1.165) is 42.6 Å². The van der Waals surface area contributed by atoms with E-state index in [-0.39, 0.29) is 25.2 Å². The van der Waals surface area contributed by atoms with Crippen LogP contribution in [0.25, 0.3) is 0 Å². The van der Waals surface area contributed by atoms with Gasteiger partial charge in [0.2, 0.25) is 6.79 Å². The molecule has 0 bridgehead atoms. The highest BCUT2D eigenvalue weighted by Crippen LogP contribution is 2.34. The summed E-state index contributed by atoms with van der Waals surface area (Å²) >= 11 is 0. The molecular weight excluding hydrogens is 412 g/mol. The number of fused-ring (bicyclic) bond motifs is 1. The summed E-state index contributed by atoms with van der Waals surface area (Å²) in [6.07, 6.45) is 0. The van der Waals surface area contributed by atoms with Crippen molar-refractivity contribution in [2.45, 2.75) is 13.0 Å². The molecule has 2 aromatic rings. The Morgan fingerprint density at radius 3 is 2.44 bits per heavy atom. The van der Waals surface area contributed by atoms with Crippen molar-refractivity contribution in [3.05, 3.63) is 42.5 Å². The molecule has 2 aliphatic heterocycles. The van der Waals surface area contributed by atoms with Gasteiger partial charge in [0.05, 0.1) is 20.3 Å². The predicted octanol–water partition coefficient (Wildman–Crippen LogP) is 0.732. The van der Waals surface area contributed by atoms with Crippen molar-refractivity contribution in [3.63, 3.8) is 0 Å². The minimum atomic E-state index is -0.421. The second-order valence-corrected chi connectivity index (χ2v) is 8.00. The molecule has 2 aliphatic rings. The Bertz CT molecular complexity index is 959. The van der Waals surface area contributed by atoms with Crippen LogP contribution in [0.2, 0.25) is 0 Å². The number of morpholine rings is 1. The lowest BCUT2D eigenvalue weighted by Crippen LogP contribution is -3.14. The van der Waals surface area contributed by atoms with Gasteiger partial charge in [-0.1, -0.05) is 0 Å². The van der Waals surface area contributed by atoms with Crippen molar-refractivity contribution in [1.82, 2.24) is 0 Å². The zero-order valence-corrected chi connectivity index (χ0v) is 18.3. The Morgan fingerprint density at radius 1 is 1.00 bits per heavy atom. The van der Waals surface area contributed by atoms with Crippen molar-refractivity contribution < 1.29 is 28.7 Å². The van der Waals surface area contributed by atoms with E-state index in [4.69, 9.17) is 14.2 Å². The van der Waals surface area contributed by atoms with Crippen molar-refractivity contribution >= 4 is 28.9 Å². The van der Waals surface area contributed by atoms with Gasteiger partial charge >= 0.3 is 0 Å². The van der Waals surface area contributed by atoms with Gasteiger partial charge in [0.1, 0.15) is 0 Å². The molecule has 32 heavy (non-hydrogen) atoms. The number of quaternary nitrogens is 1. The highest BCUT2D eigenvalue weighted by molar-refractivity contribution is 5.95. The lowest BCUT2D eigenvalue weighted by Gasteiger charge is -2.28. The third-order valence-electron chi connectivity index (χ3n) is 5.74. The predicted molar refractivity (Wildman–Crippen MR) is 121 cm³/mol. The fraction of sp³-hybridized carbons (Fsp3) is 0.391. The van der Waals surface area contributed by atoms with Crippen molar-refractivity contribution in [3.8, 4) is 11.5 Å². The van der Waals surface area contributed by atoms with Gasteiger partial charge in [0.15, 0.2) is 24.1 Å². The molecule has 170 valence electrons. The number of hydrogen-bond acceptors (Lipinski definition) is 6. The zero-order chi connectivity index (χ0) is 22.5. The van der Waals surface area contributed by atoms with Gasteiger partial charge in [-0.25, -0.2) is 0 Å². The largest absolute Gasteiger partial charge is 0.454 e. The number of nitrogens with one attached hydrogen (secondary N) is 3. The molecule has 0 spiro atoms. The van der Waals surface area contributed by atoms with E-state index in [1.54, 1.807) is 25.1 Å². The number of ether oxygens (including phenoxy) is 3. The summed E-state index contributed by atoms with van der Waals surface area (Å²) in [7, 11) is 1.82. The van der Waals surface area contributed by atoms with Crippen LogP contribution >= 0.6 is 0 Å². The first-order valence-electron chi connectivity index (χ1n) is 10.7. The lowest BCUT2D eigenvalue weighted by molar-refractivity contribution is -0.885. The van der Waals surface area contributed by atoms with Crippen LogP contribution in [0.5, 0.6) is 11.5 Å². The van der Waals surface area contributed by atoms with Crippen LogP contribution in [-0.4, -0.2) is 64.5 Å². The average molecular weight is 442 g/mol. The summed E-state index contributed by atoms with van der Waals surface area (Å²) < 4.78 is 16.0. The molecule has 2 heterocycles. The van der Waals surface area contributed by atoms with Crippen LogP contribution in [0.3, 0.4) is 0 Å². The normalized spacial score (nSPS) is 16.9. The average Bonchev–Trinajstić information content (AvgIpc) is 3.27. The smallest absolute Gasteiger partial charge is 0.282 e. The number of anilines is 3. The number of nitrogens with zero attached hydrogens (tertiary/aromatic N) is 1. The molecule has 1 unspecified atom stereocenters. The van der Waals surface area contributed by atoms with Crippen molar-refractivity contribution in [1.29, 1.82) is 0 Å². The van der Waals surface area contributed by atoms with Gasteiger partial charge in [-0.3, -0.25) is 9.59 Å². The fourth-order valence-electron chi connectivity index (χ4n) is 3.64. The highest BCUT2D eigenvalue weighted by atomic mass is 16.7. The number of rotatable bonds is 7. The van der Waals surface area contributed by atoms with E-state index >= 15 is 0 Å². The number of hydrogen-bond donors (Lipinski definition) is 3. The Hall–Kier alpha value is -3.30. The number of carbonyl (C=O) groups is 2. The van der Waals surface area contributed by atoms with E-state index in [1.165, 1.54) is 0 Å². The Labute approximate surface area is 187 Å². The Kier molecular flexibility index (Phi) is 6.77. The second-order valence-electron chi connectivity index (χ2n) is 8.00. The zero-order valence-electron chi connectivity index (χ0n) is 18.3. The van der Waals surface area contributed by atoms with Crippen LogP contribution < -0.4 is 29.9 Å². The van der Waals surface area contributed by atoms with Crippen molar-refractivity contribution in [2.75, 3.05) is 62.2 Å². The summed E-state index contributed by atoms with van der Waals surface area (Å²) in [4.78, 5) is 28.2. The molecule has 1 saturated heterocycles. The minimum absolute atomic E-state index is 0.149. The number of benzene rings is 2. The van der Waals surface area contributed by atoms with Crippen LogP contribution in [0.15, 0.2) is 42.5 Å². The molecule has 2 aromatic carbocycles. The SMILES string of the molecule is C[C@H](C(=O)Nc1ccc2c(c1)OCO2)[NH+](C)CC(=O)Nc1ccc(N2CCOCC2)cc1. The quantitative estimate of drug-likeness (QED) is 0.587. The standard InChI is InChI=1S/C23H28N4O5/c1-16(23(29)25-18-5-8-20-21(13-18)32-15-31-20)26(2)14-22(28)24-17-3-6-19(7-4-17)27-9-11-30-12-10-27/h3-8,13,16H,9-12,14-15H2,1-2H3,(H,24,28)(H,25,29)/p+1/t16-/m1/s1. The van der Waals surface area contributed by atoms with E-state index in [9.17, 15) is 9.59 Å². The first-order chi connectivity index (χ1) is 15.5. The Morgan fingerprint density at radius 2 is 1.69 bits per heavy atom. The van der Waals surface area contributed by atoms with Crippen LogP contribution in [0.4, 0.5) is 17.1 Å². The molecule has 0 aromatic heterocycles. The summed E-state index contributed by atoms with van der Waals surface area (Å²) in [5.41, 5.74) is 2.48. The second kappa shape index (κ2) is 9.88. The van der Waals surface area contributed by atoms with Gasteiger partial charge in [-0.15, -0.1) is 0 Å². The third-order valence-corrected chi connectivity index (χ3v) is 5.74. The summed E-state index contributed by atoms with van der Waals surface area (Å²) in [6.45, 7) is 5.34. The summed E-state index contributed by atoms with van der Waals surface area (Å²) in [5.74, 6) is 0.942. The molecule has 9 heteroatoms. The van der Waals surface area contributed by atoms with Gasteiger partial charge in [0.25, 0.3) is 11.8 Å². The number of likely N-dealkylation sites (N-methyl/N-ethyl adjacent to an activating group) is 1. The van der Waals surface area contributed by atoms with Gasteiger partial charge in [-0.05, 0) is 43.3 Å². The highest BCUT2D eigenvalue weighted by Gasteiger charge is 2.25.